The van der Waals surface area contributed by atoms with Gasteiger partial charge in [-0.2, -0.15) is 0 Å². The first kappa shape index (κ1) is 20.1. The van der Waals surface area contributed by atoms with Gasteiger partial charge < -0.3 is 15.4 Å². The van der Waals surface area contributed by atoms with Crippen molar-refractivity contribution in [3.05, 3.63) is 23.5 Å². The number of amides is 1. The molecule has 0 aliphatic heterocycles. The summed E-state index contributed by atoms with van der Waals surface area (Å²) in [7, 11) is 0. The molecule has 2 aliphatic carbocycles. The molecule has 0 bridgehead atoms. The molecule has 150 valence electrons. The predicted molar refractivity (Wildman–Crippen MR) is 108 cm³/mol. The minimum Gasteiger partial charge on any atom is -0.482 e. The molecule has 2 N–H and O–H groups in total. The number of carbonyl (C=O) groups is 1. The number of pyridine rings is 1. The van der Waals surface area contributed by atoms with Gasteiger partial charge in [0.2, 0.25) is 0 Å². The molecule has 0 saturated heterocycles. The zero-order valence-corrected chi connectivity index (χ0v) is 16.9. The lowest BCUT2D eigenvalue weighted by Gasteiger charge is -2.40. The van der Waals surface area contributed by atoms with Crippen LogP contribution in [-0.4, -0.2) is 35.6 Å². The number of aryl methyl sites for hydroxylation is 2. The molecule has 1 amide bonds. The van der Waals surface area contributed by atoms with Gasteiger partial charge in [0.15, 0.2) is 6.61 Å². The van der Waals surface area contributed by atoms with Gasteiger partial charge in [-0.15, -0.1) is 0 Å². The van der Waals surface area contributed by atoms with Gasteiger partial charge in [-0.05, 0) is 51.2 Å². The van der Waals surface area contributed by atoms with E-state index in [0.29, 0.717) is 12.1 Å². The van der Waals surface area contributed by atoms with E-state index in [2.05, 4.69) is 22.5 Å². The van der Waals surface area contributed by atoms with Crippen LogP contribution in [0.15, 0.2) is 12.1 Å². The monoisotopic (exact) mass is 373 g/mol. The number of hydrogen-bond donors (Lipinski definition) is 2. The van der Waals surface area contributed by atoms with Gasteiger partial charge in [0.1, 0.15) is 5.75 Å². The molecular formula is C22H35N3O2. The zero-order chi connectivity index (χ0) is 19.1. The minimum atomic E-state index is -0.0354. The van der Waals surface area contributed by atoms with Gasteiger partial charge in [-0.25, -0.2) is 0 Å². The first-order valence-electron chi connectivity index (χ1n) is 10.8. The van der Waals surface area contributed by atoms with Crippen LogP contribution in [0.1, 0.15) is 76.1 Å². The summed E-state index contributed by atoms with van der Waals surface area (Å²) < 4.78 is 5.73. The van der Waals surface area contributed by atoms with Crippen LogP contribution in [0.2, 0.25) is 0 Å². The van der Waals surface area contributed by atoms with Crippen LogP contribution in [0.3, 0.4) is 0 Å². The van der Waals surface area contributed by atoms with E-state index in [0.717, 1.165) is 36.4 Å². The fourth-order valence-electron chi connectivity index (χ4n) is 4.17. The zero-order valence-electron chi connectivity index (χ0n) is 16.9. The first-order valence-corrected chi connectivity index (χ1v) is 10.8. The van der Waals surface area contributed by atoms with Gasteiger partial charge in [0.25, 0.3) is 5.91 Å². The second-order valence-electron chi connectivity index (χ2n) is 8.11. The van der Waals surface area contributed by atoms with Crippen molar-refractivity contribution in [1.82, 2.24) is 15.6 Å². The first-order chi connectivity index (χ1) is 13.2. The number of nitrogens with one attached hydrogen (secondary N) is 2. The molecule has 1 aromatic rings. The lowest BCUT2D eigenvalue weighted by molar-refractivity contribution is -0.124. The van der Waals surface area contributed by atoms with Crippen LogP contribution in [0.4, 0.5) is 0 Å². The minimum absolute atomic E-state index is 0.0354. The van der Waals surface area contributed by atoms with Gasteiger partial charge in [-0.3, -0.25) is 9.78 Å². The SMILES string of the molecule is CCc1nc(C)ccc1OCC(=O)N[C@@H]1CC[C@@H]1NC1CCCCCCC1. The summed E-state index contributed by atoms with van der Waals surface area (Å²) in [6.45, 7) is 4.08. The Kier molecular flexibility index (Phi) is 7.50. The maximum absolute atomic E-state index is 12.3. The summed E-state index contributed by atoms with van der Waals surface area (Å²) in [4.78, 5) is 16.8. The molecule has 5 heteroatoms. The average Bonchev–Trinajstić information content (AvgIpc) is 2.63. The maximum Gasteiger partial charge on any atom is 0.258 e. The Hall–Kier alpha value is -1.62. The smallest absolute Gasteiger partial charge is 0.258 e. The van der Waals surface area contributed by atoms with E-state index < -0.39 is 0 Å². The molecule has 2 fully saturated rings. The predicted octanol–water partition coefficient (Wildman–Crippen LogP) is 3.68. The molecule has 0 spiro atoms. The summed E-state index contributed by atoms with van der Waals surface area (Å²) in [6.07, 6.45) is 12.4. The number of carbonyl (C=O) groups excluding carboxylic acids is 1. The quantitative estimate of drug-likeness (QED) is 0.765. The standard InChI is InChI=1S/C22H35N3O2/c1-3-18-21(14-11-16(2)23-18)27-15-22(26)25-20-13-12-19(20)24-17-9-7-5-4-6-8-10-17/h11,14,17,19-20,24H,3-10,12-13,15H2,1-2H3,(H,25,26)/t19-,20+/m0/s1. The largest absolute Gasteiger partial charge is 0.482 e. The van der Waals surface area contributed by atoms with Gasteiger partial charge in [-0.1, -0.05) is 39.0 Å². The topological polar surface area (TPSA) is 63.2 Å². The van der Waals surface area contributed by atoms with Crippen LogP contribution in [0.5, 0.6) is 5.75 Å². The Bertz CT molecular complexity index is 612. The Morgan fingerprint density at radius 1 is 1.07 bits per heavy atom. The third kappa shape index (κ3) is 5.93. The molecule has 1 heterocycles. The summed E-state index contributed by atoms with van der Waals surface area (Å²) in [6, 6.07) is 5.13. The molecule has 2 atom stereocenters. The van der Waals surface area contributed by atoms with Gasteiger partial charge in [0.05, 0.1) is 5.69 Å². The van der Waals surface area contributed by atoms with E-state index >= 15 is 0 Å². The number of rotatable bonds is 7. The molecule has 2 aliphatic rings. The highest BCUT2D eigenvalue weighted by molar-refractivity contribution is 5.78. The van der Waals surface area contributed by atoms with Gasteiger partial charge >= 0.3 is 0 Å². The highest BCUT2D eigenvalue weighted by atomic mass is 16.5. The Balaban J connectivity index is 1.42. The van der Waals surface area contributed by atoms with E-state index in [1.54, 1.807) is 0 Å². The molecular weight excluding hydrogens is 338 g/mol. The summed E-state index contributed by atoms with van der Waals surface area (Å²) in [5.41, 5.74) is 1.89. The lowest BCUT2D eigenvalue weighted by atomic mass is 9.84. The van der Waals surface area contributed by atoms with E-state index in [9.17, 15) is 4.79 Å². The van der Waals surface area contributed by atoms with Crippen molar-refractivity contribution in [2.24, 2.45) is 0 Å². The maximum atomic E-state index is 12.3. The fraction of sp³-hybridized carbons (Fsp3) is 0.727. The van der Waals surface area contributed by atoms with Gasteiger partial charge in [0, 0.05) is 23.8 Å². The molecule has 0 unspecified atom stereocenters. The van der Waals surface area contributed by atoms with Crippen molar-refractivity contribution in [1.29, 1.82) is 0 Å². The highest BCUT2D eigenvalue weighted by Gasteiger charge is 2.33. The van der Waals surface area contributed by atoms with E-state index in [4.69, 9.17) is 4.74 Å². The summed E-state index contributed by atoms with van der Waals surface area (Å²) in [5.74, 6) is 0.683. The molecule has 5 nitrogen and oxygen atoms in total. The van der Waals surface area contributed by atoms with Crippen molar-refractivity contribution in [3.63, 3.8) is 0 Å². The second-order valence-corrected chi connectivity index (χ2v) is 8.11. The number of hydrogen-bond acceptors (Lipinski definition) is 4. The fourth-order valence-corrected chi connectivity index (χ4v) is 4.17. The molecule has 0 radical (unpaired) electrons. The lowest BCUT2D eigenvalue weighted by Crippen LogP contribution is -2.59. The van der Waals surface area contributed by atoms with Crippen LogP contribution in [0, 0.1) is 6.92 Å². The van der Waals surface area contributed by atoms with Crippen molar-refractivity contribution in [2.45, 2.75) is 96.2 Å². The Morgan fingerprint density at radius 2 is 1.78 bits per heavy atom. The Morgan fingerprint density at radius 3 is 2.44 bits per heavy atom. The van der Waals surface area contributed by atoms with Crippen LogP contribution >= 0.6 is 0 Å². The molecule has 1 aromatic heterocycles. The normalized spacial score (nSPS) is 23.8. The summed E-state index contributed by atoms with van der Waals surface area (Å²) >= 11 is 0. The number of ether oxygens (including phenoxy) is 1. The molecule has 3 rings (SSSR count). The number of aromatic nitrogens is 1. The van der Waals surface area contributed by atoms with Crippen molar-refractivity contribution in [3.8, 4) is 5.75 Å². The summed E-state index contributed by atoms with van der Waals surface area (Å²) in [5, 5.41) is 6.97. The van der Waals surface area contributed by atoms with Crippen LogP contribution in [0.25, 0.3) is 0 Å². The second kappa shape index (κ2) is 10.1. The third-order valence-electron chi connectivity index (χ3n) is 5.94. The van der Waals surface area contributed by atoms with Crippen molar-refractivity contribution < 1.29 is 9.53 Å². The van der Waals surface area contributed by atoms with E-state index in [1.165, 1.54) is 44.9 Å². The Labute approximate surface area is 163 Å². The van der Waals surface area contributed by atoms with Crippen molar-refractivity contribution >= 4 is 5.91 Å². The van der Waals surface area contributed by atoms with Crippen LogP contribution < -0.4 is 15.4 Å². The molecule has 27 heavy (non-hydrogen) atoms. The number of nitrogens with zero attached hydrogens (tertiary/aromatic N) is 1. The third-order valence-corrected chi connectivity index (χ3v) is 5.94. The van der Waals surface area contributed by atoms with Crippen molar-refractivity contribution in [2.75, 3.05) is 6.61 Å². The molecule has 0 aromatic carbocycles. The van der Waals surface area contributed by atoms with Crippen LogP contribution in [-0.2, 0) is 11.2 Å². The van der Waals surface area contributed by atoms with E-state index in [-0.39, 0.29) is 18.6 Å². The molecule has 2 saturated carbocycles. The average molecular weight is 374 g/mol. The highest BCUT2D eigenvalue weighted by Crippen LogP contribution is 2.24. The van der Waals surface area contributed by atoms with E-state index in [1.807, 2.05) is 19.1 Å².